The molecule has 3 rings (SSSR count). The molecule has 0 bridgehead atoms. The molecule has 1 aliphatic carbocycles. The van der Waals surface area contributed by atoms with Gasteiger partial charge in [-0.2, -0.15) is 0 Å². The first-order chi connectivity index (χ1) is 8.99. The van der Waals surface area contributed by atoms with Gasteiger partial charge in [0.1, 0.15) is 0 Å². The largest absolute Gasteiger partial charge is 0.278 e. The van der Waals surface area contributed by atoms with Crippen molar-refractivity contribution in [3.05, 3.63) is 38.9 Å². The highest BCUT2D eigenvalue weighted by molar-refractivity contribution is 6.31. The minimum atomic E-state index is -0.537. The second-order valence-corrected chi connectivity index (χ2v) is 5.15. The van der Waals surface area contributed by atoms with Crippen LogP contribution in [0, 0.1) is 22.0 Å². The first kappa shape index (κ1) is 12.1. The van der Waals surface area contributed by atoms with E-state index in [9.17, 15) is 19.7 Å². The van der Waals surface area contributed by atoms with Crippen molar-refractivity contribution in [2.75, 3.05) is 0 Å². The maximum absolute atomic E-state index is 11.8. The summed E-state index contributed by atoms with van der Waals surface area (Å²) >= 11 is 5.95. The van der Waals surface area contributed by atoms with Gasteiger partial charge in [0.25, 0.3) is 5.69 Å². The fourth-order valence-corrected chi connectivity index (χ4v) is 2.55. The third kappa shape index (κ3) is 1.88. The second-order valence-electron chi connectivity index (χ2n) is 4.74. The second kappa shape index (κ2) is 4.03. The van der Waals surface area contributed by atoms with Gasteiger partial charge < -0.3 is 0 Å². The first-order valence-electron chi connectivity index (χ1n) is 5.77. The predicted molar refractivity (Wildman–Crippen MR) is 65.3 cm³/mol. The summed E-state index contributed by atoms with van der Waals surface area (Å²) in [5.74, 6) is -0.745. The van der Waals surface area contributed by atoms with Crippen molar-refractivity contribution in [3.63, 3.8) is 0 Å². The summed E-state index contributed by atoms with van der Waals surface area (Å²) in [6, 6.07) is 3.99. The molecule has 2 fully saturated rings. The van der Waals surface area contributed by atoms with Gasteiger partial charge in [-0.1, -0.05) is 11.6 Å². The molecule has 1 saturated heterocycles. The van der Waals surface area contributed by atoms with E-state index in [2.05, 4.69) is 0 Å². The number of piperidine rings is 1. The van der Waals surface area contributed by atoms with E-state index in [4.69, 9.17) is 11.6 Å². The fourth-order valence-electron chi connectivity index (χ4n) is 2.37. The Kier molecular flexibility index (Phi) is 2.56. The van der Waals surface area contributed by atoms with Crippen LogP contribution < -0.4 is 0 Å². The third-order valence-corrected chi connectivity index (χ3v) is 3.89. The molecule has 2 atom stereocenters. The maximum atomic E-state index is 11.8. The highest BCUT2D eigenvalue weighted by atomic mass is 35.5. The van der Waals surface area contributed by atoms with Gasteiger partial charge in [0.15, 0.2) is 0 Å². The lowest BCUT2D eigenvalue weighted by atomic mass is 10.2. The minimum absolute atomic E-state index is 0.00514. The number of nitro benzene ring substituents is 1. The van der Waals surface area contributed by atoms with E-state index in [0.717, 1.165) is 4.90 Å². The molecule has 6 nitrogen and oxygen atoms in total. The molecule has 2 amide bonds. The van der Waals surface area contributed by atoms with Crippen LogP contribution in [-0.2, 0) is 16.1 Å². The molecule has 0 radical (unpaired) electrons. The zero-order chi connectivity index (χ0) is 13.7. The van der Waals surface area contributed by atoms with Gasteiger partial charge in [0.05, 0.1) is 23.3 Å². The number of halogens is 1. The summed E-state index contributed by atoms with van der Waals surface area (Å²) in [6.07, 6.45) is 0.636. The molecule has 1 aromatic rings. The average Bonchev–Trinajstić information content (AvgIpc) is 3.11. The Morgan fingerprint density at radius 1 is 1.32 bits per heavy atom. The van der Waals surface area contributed by atoms with E-state index < -0.39 is 4.92 Å². The molecule has 1 saturated carbocycles. The zero-order valence-corrected chi connectivity index (χ0v) is 10.5. The van der Waals surface area contributed by atoms with Gasteiger partial charge in [0.2, 0.25) is 11.8 Å². The van der Waals surface area contributed by atoms with Crippen molar-refractivity contribution in [2.45, 2.75) is 13.0 Å². The summed E-state index contributed by atoms with van der Waals surface area (Å²) in [6.45, 7) is 0.00514. The van der Waals surface area contributed by atoms with Crippen LogP contribution in [0.15, 0.2) is 18.2 Å². The van der Waals surface area contributed by atoms with Crippen molar-refractivity contribution in [1.29, 1.82) is 0 Å². The van der Waals surface area contributed by atoms with E-state index in [0.29, 0.717) is 17.0 Å². The molecule has 0 aromatic heterocycles. The number of carbonyl (C=O) groups is 2. The summed E-state index contributed by atoms with van der Waals surface area (Å²) in [4.78, 5) is 35.0. The molecule has 2 unspecified atom stereocenters. The minimum Gasteiger partial charge on any atom is -0.278 e. The van der Waals surface area contributed by atoms with Crippen molar-refractivity contribution in [2.24, 2.45) is 11.8 Å². The van der Waals surface area contributed by atoms with Crippen LogP contribution in [0.1, 0.15) is 12.0 Å². The molecule has 0 N–H and O–H groups in total. The first-order valence-corrected chi connectivity index (χ1v) is 6.15. The predicted octanol–water partition coefficient (Wildman–Crippen LogP) is 1.75. The molecule has 1 heterocycles. The van der Waals surface area contributed by atoms with E-state index in [1.165, 1.54) is 18.2 Å². The smallest absolute Gasteiger partial charge is 0.269 e. The van der Waals surface area contributed by atoms with Crippen LogP contribution in [0.4, 0.5) is 5.69 Å². The molecule has 1 aromatic carbocycles. The van der Waals surface area contributed by atoms with Crippen molar-refractivity contribution >= 4 is 29.1 Å². The molecule has 0 spiro atoms. The number of benzene rings is 1. The van der Waals surface area contributed by atoms with Crippen LogP contribution >= 0.6 is 11.6 Å². The van der Waals surface area contributed by atoms with Gasteiger partial charge in [0, 0.05) is 17.2 Å². The molecule has 98 valence electrons. The Morgan fingerprint density at radius 3 is 2.53 bits per heavy atom. The van der Waals surface area contributed by atoms with Crippen LogP contribution in [0.25, 0.3) is 0 Å². The average molecular weight is 281 g/mol. The monoisotopic (exact) mass is 280 g/mol. The SMILES string of the molecule is O=C1C2CC2C(=O)N1Cc1cc([N+](=O)[O-])ccc1Cl. The van der Waals surface area contributed by atoms with Crippen molar-refractivity contribution in [3.8, 4) is 0 Å². The van der Waals surface area contributed by atoms with Crippen molar-refractivity contribution < 1.29 is 14.5 Å². The summed E-state index contributed by atoms with van der Waals surface area (Å²) in [7, 11) is 0. The molecular formula is C12H9ClN2O4. The highest BCUT2D eigenvalue weighted by Gasteiger charge is 2.58. The number of nitro groups is 1. The van der Waals surface area contributed by atoms with Gasteiger partial charge in [-0.25, -0.2) is 0 Å². The number of hydrogen-bond acceptors (Lipinski definition) is 4. The number of nitrogens with zero attached hydrogens (tertiary/aromatic N) is 2. The summed E-state index contributed by atoms with van der Waals surface area (Å²) < 4.78 is 0. The number of amides is 2. The van der Waals surface area contributed by atoms with E-state index in [1.54, 1.807) is 0 Å². The lowest BCUT2D eigenvalue weighted by Crippen LogP contribution is -2.32. The van der Waals surface area contributed by atoms with E-state index >= 15 is 0 Å². The molecule has 7 heteroatoms. The Hall–Kier alpha value is -1.95. The lowest BCUT2D eigenvalue weighted by molar-refractivity contribution is -0.384. The number of imide groups is 1. The molecular weight excluding hydrogens is 272 g/mol. The summed E-state index contributed by atoms with van der Waals surface area (Å²) in [5, 5.41) is 11.0. The number of rotatable bonds is 3. The number of likely N-dealkylation sites (tertiary alicyclic amines) is 1. The molecule has 1 aliphatic heterocycles. The quantitative estimate of drug-likeness (QED) is 0.480. The highest BCUT2D eigenvalue weighted by Crippen LogP contribution is 2.47. The van der Waals surface area contributed by atoms with Gasteiger partial charge in [-0.15, -0.1) is 0 Å². The molecule has 19 heavy (non-hydrogen) atoms. The van der Waals surface area contributed by atoms with Gasteiger partial charge in [-0.05, 0) is 18.1 Å². The normalized spacial score (nSPS) is 24.6. The number of carbonyl (C=O) groups excluding carboxylic acids is 2. The Balaban J connectivity index is 1.87. The topological polar surface area (TPSA) is 80.5 Å². The summed E-state index contributed by atoms with van der Waals surface area (Å²) in [5.41, 5.74) is 0.308. The number of fused-ring (bicyclic) bond motifs is 1. The van der Waals surface area contributed by atoms with E-state index in [1.807, 2.05) is 0 Å². The lowest BCUT2D eigenvalue weighted by Gasteiger charge is -2.16. The fraction of sp³-hybridized carbons (Fsp3) is 0.333. The molecule has 2 aliphatic rings. The van der Waals surface area contributed by atoms with Crippen LogP contribution in [-0.4, -0.2) is 21.6 Å². The van der Waals surface area contributed by atoms with Crippen LogP contribution in [0.2, 0.25) is 5.02 Å². The van der Waals surface area contributed by atoms with Crippen molar-refractivity contribution in [1.82, 2.24) is 4.90 Å². The Labute approximate surface area is 113 Å². The van der Waals surface area contributed by atoms with Gasteiger partial charge in [-0.3, -0.25) is 24.6 Å². The van der Waals surface area contributed by atoms with Crippen LogP contribution in [0.5, 0.6) is 0 Å². The van der Waals surface area contributed by atoms with Crippen LogP contribution in [0.3, 0.4) is 0 Å². The van der Waals surface area contributed by atoms with E-state index in [-0.39, 0.29) is 35.9 Å². The van der Waals surface area contributed by atoms with Gasteiger partial charge >= 0.3 is 0 Å². The zero-order valence-electron chi connectivity index (χ0n) is 9.71. The standard InChI is InChI=1S/C12H9ClN2O4/c13-10-2-1-7(15(18)19)3-6(10)5-14-11(16)8-4-9(8)12(14)17/h1-3,8-9H,4-5H2. The Morgan fingerprint density at radius 2 is 1.95 bits per heavy atom. The number of hydrogen-bond donors (Lipinski definition) is 0. The Bertz CT molecular complexity index is 596. The third-order valence-electron chi connectivity index (χ3n) is 3.53. The maximum Gasteiger partial charge on any atom is 0.269 e. The number of non-ortho nitro benzene ring substituents is 1.